The number of hydrogen-bond donors (Lipinski definition) is 0. The van der Waals surface area contributed by atoms with E-state index in [1.54, 1.807) is 0 Å². The van der Waals surface area contributed by atoms with Crippen LogP contribution in [0.2, 0.25) is 0 Å². The summed E-state index contributed by atoms with van der Waals surface area (Å²) >= 11 is 0. The van der Waals surface area contributed by atoms with E-state index in [2.05, 4.69) is 15.2 Å². The highest BCUT2D eigenvalue weighted by Crippen LogP contribution is 2.36. The van der Waals surface area contributed by atoms with Crippen molar-refractivity contribution >= 4 is 21.6 Å². The van der Waals surface area contributed by atoms with E-state index in [0.717, 1.165) is 20.2 Å². The molecule has 0 saturated carbocycles. The molecule has 3 rings (SSSR count). The van der Waals surface area contributed by atoms with Crippen LogP contribution in [0.15, 0.2) is 29.3 Å². The van der Waals surface area contributed by atoms with Gasteiger partial charge >= 0.3 is 6.18 Å². The second-order valence-electron chi connectivity index (χ2n) is 7.89. The van der Waals surface area contributed by atoms with Crippen molar-refractivity contribution in [2.24, 2.45) is 0 Å². The molecule has 0 aliphatic heterocycles. The topological polar surface area (TPSA) is 102 Å². The monoisotopic (exact) mass is 548 g/mol. The average Bonchev–Trinajstić information content (AvgIpc) is 2.79. The number of nitrogens with zero attached hydrogens (tertiary/aromatic N) is 4. The van der Waals surface area contributed by atoms with E-state index >= 15 is 4.39 Å². The zero-order valence-corrected chi connectivity index (χ0v) is 20.4. The number of ether oxygens (including phenoxy) is 1. The Kier molecular flexibility index (Phi) is 7.49. The number of aromatic nitrogens is 3. The fourth-order valence-electron chi connectivity index (χ4n) is 3.33. The summed E-state index contributed by atoms with van der Waals surface area (Å²) in [4.78, 5) is 16.1. The zero-order valence-electron chi connectivity index (χ0n) is 19.6. The second kappa shape index (κ2) is 9.95. The van der Waals surface area contributed by atoms with Gasteiger partial charge in [0.25, 0.3) is 5.91 Å². The third-order valence-corrected chi connectivity index (χ3v) is 6.13. The number of carbonyl (C=O) groups is 1. The third-order valence-electron chi connectivity index (χ3n) is 5.03. The SMILES string of the molecule is Cc1cc(-c2cccnc2OCC(F)(F)F)c(N(C)C(=O)c2c(F)c(C)c(F)c(S(C)(=O)=O)c2F)nn1. The van der Waals surface area contributed by atoms with Crippen molar-refractivity contribution in [2.45, 2.75) is 24.9 Å². The Labute approximate surface area is 206 Å². The van der Waals surface area contributed by atoms with Crippen molar-refractivity contribution in [2.75, 3.05) is 24.8 Å². The minimum Gasteiger partial charge on any atom is -0.468 e. The van der Waals surface area contributed by atoms with Crippen LogP contribution in [-0.2, 0) is 9.84 Å². The van der Waals surface area contributed by atoms with Crippen molar-refractivity contribution in [3.05, 3.63) is 58.7 Å². The molecule has 0 radical (unpaired) electrons. The molecule has 37 heavy (non-hydrogen) atoms. The number of pyridine rings is 1. The van der Waals surface area contributed by atoms with Gasteiger partial charge in [-0.1, -0.05) is 0 Å². The molecule has 3 aromatic rings. The number of amides is 1. The average molecular weight is 548 g/mol. The Morgan fingerprint density at radius 3 is 2.30 bits per heavy atom. The number of rotatable bonds is 6. The fraction of sp³-hybridized carbons (Fsp3) is 0.273. The first-order valence-electron chi connectivity index (χ1n) is 10.2. The number of halogens is 6. The van der Waals surface area contributed by atoms with Gasteiger partial charge in [-0.25, -0.2) is 26.6 Å². The predicted molar refractivity (Wildman–Crippen MR) is 118 cm³/mol. The summed E-state index contributed by atoms with van der Waals surface area (Å²) in [6.45, 7) is 0.626. The van der Waals surface area contributed by atoms with Gasteiger partial charge in [-0.2, -0.15) is 18.3 Å². The summed E-state index contributed by atoms with van der Waals surface area (Å²) < 4.78 is 111. The Hall–Kier alpha value is -3.75. The van der Waals surface area contributed by atoms with Gasteiger partial charge in [0.1, 0.15) is 16.3 Å². The predicted octanol–water partition coefficient (Wildman–Crippen LogP) is 4.19. The lowest BCUT2D eigenvalue weighted by molar-refractivity contribution is -0.154. The van der Waals surface area contributed by atoms with Crippen molar-refractivity contribution < 1.29 is 44.3 Å². The van der Waals surface area contributed by atoms with Gasteiger partial charge in [0.05, 0.1) is 5.69 Å². The number of hydrogen-bond acceptors (Lipinski definition) is 7. The quantitative estimate of drug-likeness (QED) is 0.336. The van der Waals surface area contributed by atoms with Gasteiger partial charge in [-0.3, -0.25) is 9.69 Å². The third kappa shape index (κ3) is 5.65. The molecule has 0 aliphatic carbocycles. The van der Waals surface area contributed by atoms with Crippen molar-refractivity contribution in [1.29, 1.82) is 0 Å². The van der Waals surface area contributed by atoms with E-state index in [-0.39, 0.29) is 22.6 Å². The van der Waals surface area contributed by atoms with Crippen LogP contribution >= 0.6 is 0 Å². The summed E-state index contributed by atoms with van der Waals surface area (Å²) in [5.41, 5.74) is -2.15. The Balaban J connectivity index is 2.19. The molecule has 0 unspecified atom stereocenters. The van der Waals surface area contributed by atoms with Gasteiger partial charge in [0.2, 0.25) is 5.88 Å². The molecule has 15 heteroatoms. The summed E-state index contributed by atoms with van der Waals surface area (Å²) in [6, 6.07) is 3.98. The number of carbonyl (C=O) groups excluding carboxylic acids is 1. The van der Waals surface area contributed by atoms with E-state index < -0.39 is 67.9 Å². The number of aryl methyl sites for hydroxylation is 1. The van der Waals surface area contributed by atoms with Crippen molar-refractivity contribution in [1.82, 2.24) is 15.2 Å². The molecular weight excluding hydrogens is 530 g/mol. The number of anilines is 1. The molecule has 2 heterocycles. The maximum Gasteiger partial charge on any atom is 0.422 e. The summed E-state index contributed by atoms with van der Waals surface area (Å²) in [5, 5.41) is 7.62. The minimum absolute atomic E-state index is 0.0448. The van der Waals surface area contributed by atoms with Crippen LogP contribution in [-0.4, -0.2) is 55.6 Å². The molecule has 2 aromatic heterocycles. The van der Waals surface area contributed by atoms with E-state index in [4.69, 9.17) is 4.74 Å². The normalized spacial score (nSPS) is 11.9. The first kappa shape index (κ1) is 27.8. The van der Waals surface area contributed by atoms with Crippen molar-refractivity contribution in [3.63, 3.8) is 0 Å². The van der Waals surface area contributed by atoms with Gasteiger partial charge in [0.15, 0.2) is 33.9 Å². The molecule has 0 aliphatic rings. The Morgan fingerprint density at radius 1 is 1.05 bits per heavy atom. The molecule has 0 fully saturated rings. The summed E-state index contributed by atoms with van der Waals surface area (Å²) in [6.07, 6.45) is -3.05. The van der Waals surface area contributed by atoms with Gasteiger partial charge in [-0.05, 0) is 32.0 Å². The molecule has 0 atom stereocenters. The van der Waals surface area contributed by atoms with Crippen LogP contribution in [0.1, 0.15) is 21.6 Å². The summed E-state index contributed by atoms with van der Waals surface area (Å²) in [5.74, 6) is -7.61. The second-order valence-corrected chi connectivity index (χ2v) is 9.84. The van der Waals surface area contributed by atoms with Gasteiger partial charge in [0, 0.05) is 36.2 Å². The van der Waals surface area contributed by atoms with Crippen LogP contribution < -0.4 is 9.64 Å². The Bertz CT molecular complexity index is 1500. The maximum atomic E-state index is 15.1. The fourth-order valence-corrected chi connectivity index (χ4v) is 4.23. The number of benzene rings is 1. The smallest absolute Gasteiger partial charge is 0.422 e. The molecular formula is C22H18F6N4O4S. The van der Waals surface area contributed by atoms with Crippen LogP contribution in [0.3, 0.4) is 0 Å². The molecule has 0 bridgehead atoms. The first-order chi connectivity index (χ1) is 17.0. The van der Waals surface area contributed by atoms with Crippen LogP contribution in [0.5, 0.6) is 5.88 Å². The van der Waals surface area contributed by atoms with Gasteiger partial charge < -0.3 is 4.74 Å². The standard InChI is InChI=1S/C22H18F6N4O4S/c1-10-8-13(12-6-5-7-29-20(12)36-9-22(26,27)28)19(31-30-10)32(3)21(33)14-15(23)11(2)16(24)18(17(14)25)37(4,34)35/h5-8H,9H2,1-4H3. The largest absolute Gasteiger partial charge is 0.468 e. The molecule has 198 valence electrons. The van der Waals surface area contributed by atoms with E-state index in [1.165, 1.54) is 25.1 Å². The van der Waals surface area contributed by atoms with Crippen molar-refractivity contribution in [3.8, 4) is 17.0 Å². The molecule has 0 N–H and O–H groups in total. The van der Waals surface area contributed by atoms with Gasteiger partial charge in [-0.15, -0.1) is 5.10 Å². The lowest BCUT2D eigenvalue weighted by atomic mass is 10.1. The lowest BCUT2D eigenvalue weighted by Gasteiger charge is -2.22. The lowest BCUT2D eigenvalue weighted by Crippen LogP contribution is -2.31. The number of sulfone groups is 1. The van der Waals surface area contributed by atoms with E-state index in [9.17, 15) is 35.2 Å². The molecule has 1 aromatic carbocycles. The zero-order chi connectivity index (χ0) is 27.9. The number of alkyl halides is 3. The summed E-state index contributed by atoms with van der Waals surface area (Å²) in [7, 11) is -3.55. The molecule has 8 nitrogen and oxygen atoms in total. The van der Waals surface area contributed by atoms with Crippen LogP contribution in [0.4, 0.5) is 32.2 Å². The first-order valence-corrected chi connectivity index (χ1v) is 12.1. The highest BCUT2D eigenvalue weighted by molar-refractivity contribution is 7.90. The molecule has 0 saturated heterocycles. The molecule has 1 amide bonds. The van der Waals surface area contributed by atoms with Crippen LogP contribution in [0.25, 0.3) is 11.1 Å². The highest BCUT2D eigenvalue weighted by atomic mass is 32.2. The minimum atomic E-state index is -4.69. The highest BCUT2D eigenvalue weighted by Gasteiger charge is 2.35. The maximum absolute atomic E-state index is 15.1. The van der Waals surface area contributed by atoms with E-state index in [1.807, 2.05) is 0 Å². The van der Waals surface area contributed by atoms with E-state index in [0.29, 0.717) is 11.2 Å². The van der Waals surface area contributed by atoms with Crippen LogP contribution in [0, 0.1) is 31.3 Å². The Morgan fingerprint density at radius 2 is 1.70 bits per heavy atom. The molecule has 0 spiro atoms.